The van der Waals surface area contributed by atoms with Gasteiger partial charge in [-0.3, -0.25) is 4.79 Å². The summed E-state index contributed by atoms with van der Waals surface area (Å²) in [5, 5.41) is 5.85. The molecule has 0 bridgehead atoms. The number of hydrogen-bond acceptors (Lipinski definition) is 7. The number of halogens is 2. The van der Waals surface area contributed by atoms with Gasteiger partial charge in [-0.2, -0.15) is 4.98 Å². The fraction of sp³-hybridized carbons (Fsp3) is 0.105. The predicted molar refractivity (Wildman–Crippen MR) is 116 cm³/mol. The molecule has 0 atom stereocenters. The Morgan fingerprint density at radius 1 is 1.20 bits per heavy atom. The predicted octanol–water partition coefficient (Wildman–Crippen LogP) is 3.68. The van der Waals surface area contributed by atoms with Crippen molar-refractivity contribution in [3.05, 3.63) is 64.0 Å². The maximum atomic E-state index is 14.0. The molecule has 0 unspecified atom stereocenters. The van der Waals surface area contributed by atoms with Gasteiger partial charge < -0.3 is 16.4 Å². The maximum absolute atomic E-state index is 14.0. The number of carbonyl (C=O) groups excluding carboxylic acids is 1. The van der Waals surface area contributed by atoms with E-state index in [4.69, 9.17) is 5.73 Å². The lowest BCUT2D eigenvalue weighted by Crippen LogP contribution is -2.16. The zero-order valence-electron chi connectivity index (χ0n) is 15.9. The van der Waals surface area contributed by atoms with Crippen molar-refractivity contribution in [1.29, 1.82) is 0 Å². The van der Waals surface area contributed by atoms with Crippen LogP contribution in [0.2, 0.25) is 0 Å². The van der Waals surface area contributed by atoms with E-state index in [0.29, 0.717) is 15.7 Å². The van der Waals surface area contributed by atoms with Crippen LogP contribution in [0.5, 0.6) is 0 Å². The first-order valence-electron chi connectivity index (χ1n) is 8.52. The van der Waals surface area contributed by atoms with E-state index in [-0.39, 0.29) is 27.9 Å². The molecule has 1 aromatic heterocycles. The van der Waals surface area contributed by atoms with Gasteiger partial charge in [-0.05, 0) is 58.7 Å². The molecule has 0 saturated carbocycles. The molecule has 8 nitrogen and oxygen atoms in total. The molecule has 0 radical (unpaired) electrons. The third kappa shape index (κ3) is 4.74. The van der Waals surface area contributed by atoms with Gasteiger partial charge in [0.15, 0.2) is 9.84 Å². The lowest BCUT2D eigenvalue weighted by molar-refractivity contribution is 0.0997. The Hall–Kier alpha value is -3.05. The molecule has 1 heterocycles. The van der Waals surface area contributed by atoms with Crippen molar-refractivity contribution in [2.24, 2.45) is 5.73 Å². The zero-order chi connectivity index (χ0) is 22.1. The van der Waals surface area contributed by atoms with Gasteiger partial charge in [-0.25, -0.2) is 17.8 Å². The summed E-state index contributed by atoms with van der Waals surface area (Å²) < 4.78 is 38.0. The molecule has 0 spiro atoms. The standard InChI is InChI=1S/C19H17BrFN5O3S/c1-10-8-11(6-7-15(10)30(2,28)29)24-19-23-9-12(20)18(26-19)25-14-5-3-4-13(21)16(14)17(22)27/h3-9H,1-2H3,(H2,22,27)(H2,23,24,25,26). The second-order valence-corrected chi connectivity index (χ2v) is 9.26. The Labute approximate surface area is 180 Å². The molecule has 11 heteroatoms. The van der Waals surface area contributed by atoms with Crippen LogP contribution >= 0.6 is 15.9 Å². The molecule has 2 aromatic carbocycles. The molecule has 1 amide bonds. The quantitative estimate of drug-likeness (QED) is 0.477. The van der Waals surface area contributed by atoms with Crippen LogP contribution in [0, 0.1) is 12.7 Å². The van der Waals surface area contributed by atoms with E-state index in [1.807, 2.05) is 0 Å². The number of amides is 1. The van der Waals surface area contributed by atoms with E-state index in [9.17, 15) is 17.6 Å². The number of rotatable bonds is 6. The molecular formula is C19H17BrFN5O3S. The number of primary amides is 1. The van der Waals surface area contributed by atoms with Crippen molar-refractivity contribution < 1.29 is 17.6 Å². The summed E-state index contributed by atoms with van der Waals surface area (Å²) in [6.07, 6.45) is 2.61. The summed E-state index contributed by atoms with van der Waals surface area (Å²) in [4.78, 5) is 20.3. The van der Waals surface area contributed by atoms with Crippen LogP contribution in [0.1, 0.15) is 15.9 Å². The molecule has 0 aliphatic rings. The van der Waals surface area contributed by atoms with Crippen LogP contribution in [-0.4, -0.2) is 30.5 Å². The highest BCUT2D eigenvalue weighted by atomic mass is 79.9. The van der Waals surface area contributed by atoms with Crippen molar-refractivity contribution >= 4 is 54.8 Å². The molecule has 156 valence electrons. The number of carbonyl (C=O) groups is 1. The Balaban J connectivity index is 1.91. The van der Waals surface area contributed by atoms with Crippen LogP contribution in [0.3, 0.4) is 0 Å². The van der Waals surface area contributed by atoms with E-state index in [0.717, 1.165) is 12.3 Å². The minimum absolute atomic E-state index is 0.154. The number of nitrogens with zero attached hydrogens (tertiary/aromatic N) is 2. The average molecular weight is 494 g/mol. The summed E-state index contributed by atoms with van der Waals surface area (Å²) in [5.74, 6) is -1.20. The van der Waals surface area contributed by atoms with E-state index >= 15 is 0 Å². The second-order valence-electron chi connectivity index (χ2n) is 6.42. The number of aryl methyl sites for hydroxylation is 1. The summed E-state index contributed by atoms with van der Waals surface area (Å²) in [5.41, 5.74) is 6.30. The van der Waals surface area contributed by atoms with Gasteiger partial charge in [0.05, 0.1) is 20.6 Å². The molecule has 30 heavy (non-hydrogen) atoms. The van der Waals surface area contributed by atoms with Gasteiger partial charge in [0, 0.05) is 18.1 Å². The average Bonchev–Trinajstić information content (AvgIpc) is 2.63. The van der Waals surface area contributed by atoms with Crippen molar-refractivity contribution in [1.82, 2.24) is 9.97 Å². The van der Waals surface area contributed by atoms with Crippen LogP contribution < -0.4 is 16.4 Å². The van der Waals surface area contributed by atoms with Crippen LogP contribution in [0.4, 0.5) is 27.5 Å². The number of benzene rings is 2. The largest absolute Gasteiger partial charge is 0.365 e. The minimum Gasteiger partial charge on any atom is -0.365 e. The number of hydrogen-bond donors (Lipinski definition) is 3. The fourth-order valence-corrected chi connectivity index (χ4v) is 4.04. The summed E-state index contributed by atoms with van der Waals surface area (Å²) in [6, 6.07) is 8.82. The van der Waals surface area contributed by atoms with Crippen LogP contribution in [0.25, 0.3) is 0 Å². The maximum Gasteiger partial charge on any atom is 0.253 e. The number of nitrogens with one attached hydrogen (secondary N) is 2. The normalized spacial score (nSPS) is 11.2. The van der Waals surface area contributed by atoms with Gasteiger partial charge in [-0.1, -0.05) is 6.07 Å². The highest BCUT2D eigenvalue weighted by Gasteiger charge is 2.16. The molecular weight excluding hydrogens is 477 g/mol. The highest BCUT2D eigenvalue weighted by Crippen LogP contribution is 2.28. The first kappa shape index (κ1) is 21.7. The molecule has 0 aliphatic carbocycles. The molecule has 4 N–H and O–H groups in total. The van der Waals surface area contributed by atoms with E-state index in [2.05, 4.69) is 36.5 Å². The first-order valence-corrected chi connectivity index (χ1v) is 11.2. The fourth-order valence-electron chi connectivity index (χ4n) is 2.79. The molecule has 0 fully saturated rings. The molecule has 3 rings (SSSR count). The monoisotopic (exact) mass is 493 g/mol. The molecule has 0 saturated heterocycles. The summed E-state index contributed by atoms with van der Waals surface area (Å²) in [6.45, 7) is 1.69. The first-order chi connectivity index (χ1) is 14.1. The molecule has 3 aromatic rings. The Morgan fingerprint density at radius 2 is 1.93 bits per heavy atom. The third-order valence-electron chi connectivity index (χ3n) is 4.09. The van der Waals surface area contributed by atoms with Gasteiger partial charge >= 0.3 is 0 Å². The Bertz CT molecular complexity index is 1250. The van der Waals surface area contributed by atoms with Gasteiger partial charge in [0.2, 0.25) is 5.95 Å². The van der Waals surface area contributed by atoms with E-state index in [1.165, 1.54) is 24.4 Å². The Kier molecular flexibility index (Phi) is 6.04. The minimum atomic E-state index is -3.33. The Morgan fingerprint density at radius 3 is 2.57 bits per heavy atom. The number of aromatic nitrogens is 2. The summed E-state index contributed by atoms with van der Waals surface area (Å²) in [7, 11) is -3.33. The summed E-state index contributed by atoms with van der Waals surface area (Å²) >= 11 is 3.30. The lowest BCUT2D eigenvalue weighted by atomic mass is 10.1. The van der Waals surface area contributed by atoms with Crippen LogP contribution in [-0.2, 0) is 9.84 Å². The second kappa shape index (κ2) is 8.36. The number of nitrogens with two attached hydrogens (primary N) is 1. The third-order valence-corrected chi connectivity index (χ3v) is 5.93. The number of anilines is 4. The van der Waals surface area contributed by atoms with Gasteiger partial charge in [-0.15, -0.1) is 0 Å². The number of sulfone groups is 1. The van der Waals surface area contributed by atoms with E-state index in [1.54, 1.807) is 19.1 Å². The van der Waals surface area contributed by atoms with E-state index < -0.39 is 21.6 Å². The van der Waals surface area contributed by atoms with Crippen molar-refractivity contribution in [3.63, 3.8) is 0 Å². The highest BCUT2D eigenvalue weighted by molar-refractivity contribution is 9.10. The zero-order valence-corrected chi connectivity index (χ0v) is 18.3. The lowest BCUT2D eigenvalue weighted by Gasteiger charge is -2.13. The van der Waals surface area contributed by atoms with Crippen molar-refractivity contribution in [2.75, 3.05) is 16.9 Å². The van der Waals surface area contributed by atoms with Crippen molar-refractivity contribution in [2.45, 2.75) is 11.8 Å². The smallest absolute Gasteiger partial charge is 0.253 e. The van der Waals surface area contributed by atoms with Crippen molar-refractivity contribution in [3.8, 4) is 0 Å². The van der Waals surface area contributed by atoms with Crippen LogP contribution in [0.15, 0.2) is 52.0 Å². The SMILES string of the molecule is Cc1cc(Nc2ncc(Br)c(Nc3cccc(F)c3C(N)=O)n2)ccc1S(C)(=O)=O. The topological polar surface area (TPSA) is 127 Å². The van der Waals surface area contributed by atoms with Gasteiger partial charge in [0.25, 0.3) is 5.91 Å². The van der Waals surface area contributed by atoms with Gasteiger partial charge in [0.1, 0.15) is 11.6 Å². The molecule has 0 aliphatic heterocycles.